The highest BCUT2D eigenvalue weighted by molar-refractivity contribution is 5.98. The van der Waals surface area contributed by atoms with Crippen LogP contribution in [-0.2, 0) is 17.8 Å². The van der Waals surface area contributed by atoms with E-state index in [9.17, 15) is 4.79 Å². The molecule has 0 atom stereocenters. The minimum atomic E-state index is -0.389. The first-order chi connectivity index (χ1) is 15.1. The average Bonchev–Trinajstić information content (AvgIpc) is 3.46. The molecule has 8 heteroatoms. The molecule has 0 amide bonds. The highest BCUT2D eigenvalue weighted by Gasteiger charge is 2.22. The minimum Gasteiger partial charge on any atom is -0.465 e. The number of benzene rings is 1. The van der Waals surface area contributed by atoms with Crippen molar-refractivity contribution >= 4 is 16.9 Å². The molecule has 8 nitrogen and oxygen atoms in total. The highest BCUT2D eigenvalue weighted by Crippen LogP contribution is 2.25. The van der Waals surface area contributed by atoms with Gasteiger partial charge in [0.05, 0.1) is 36.7 Å². The number of methoxy groups -OCH3 is 1. The van der Waals surface area contributed by atoms with Crippen LogP contribution in [0.5, 0.6) is 0 Å². The molecule has 0 saturated heterocycles. The Hall–Kier alpha value is -3.52. The number of pyridine rings is 1. The lowest BCUT2D eigenvalue weighted by molar-refractivity contribution is 0.0596. The predicted octanol–water partition coefficient (Wildman–Crippen LogP) is 4.39. The minimum absolute atomic E-state index is 0.339. The summed E-state index contributed by atoms with van der Waals surface area (Å²) in [7, 11) is 1.39. The molecular formula is C23H24N4O4. The Morgan fingerprint density at radius 1 is 1.13 bits per heavy atom. The summed E-state index contributed by atoms with van der Waals surface area (Å²) in [6, 6.07) is 11.3. The molecule has 0 aliphatic rings. The van der Waals surface area contributed by atoms with Crippen molar-refractivity contribution in [1.82, 2.24) is 20.1 Å². The molecule has 3 heterocycles. The van der Waals surface area contributed by atoms with Crippen LogP contribution >= 0.6 is 0 Å². The van der Waals surface area contributed by atoms with Crippen LogP contribution in [0.25, 0.3) is 22.6 Å². The van der Waals surface area contributed by atoms with E-state index in [1.165, 1.54) is 7.11 Å². The van der Waals surface area contributed by atoms with Crippen LogP contribution in [0.2, 0.25) is 0 Å². The Morgan fingerprint density at radius 3 is 2.71 bits per heavy atom. The third kappa shape index (κ3) is 4.34. The SMILES string of the molecule is CCCN(Cc1nnc(-c2ccco2)o1)Cc1nc2ccccc2c(C)c1C(=O)OC. The van der Waals surface area contributed by atoms with E-state index in [1.54, 1.807) is 18.4 Å². The molecule has 31 heavy (non-hydrogen) atoms. The second-order valence-electron chi connectivity index (χ2n) is 7.26. The normalized spacial score (nSPS) is 11.4. The molecular weight excluding hydrogens is 396 g/mol. The van der Waals surface area contributed by atoms with Gasteiger partial charge in [0.2, 0.25) is 5.89 Å². The second-order valence-corrected chi connectivity index (χ2v) is 7.26. The van der Waals surface area contributed by atoms with E-state index in [0.717, 1.165) is 29.4 Å². The summed E-state index contributed by atoms with van der Waals surface area (Å²) in [5.74, 6) is 0.948. The van der Waals surface area contributed by atoms with Gasteiger partial charge in [-0.3, -0.25) is 9.88 Å². The molecule has 0 spiro atoms. The molecule has 0 unspecified atom stereocenters. The van der Waals surface area contributed by atoms with Crippen molar-refractivity contribution < 1.29 is 18.4 Å². The Balaban J connectivity index is 1.65. The first kappa shape index (κ1) is 20.7. The van der Waals surface area contributed by atoms with Gasteiger partial charge < -0.3 is 13.6 Å². The number of aryl methyl sites for hydroxylation is 1. The largest absolute Gasteiger partial charge is 0.465 e. The number of nitrogens with zero attached hydrogens (tertiary/aromatic N) is 4. The van der Waals surface area contributed by atoms with Crippen molar-refractivity contribution in [2.75, 3.05) is 13.7 Å². The number of esters is 1. The van der Waals surface area contributed by atoms with Gasteiger partial charge in [-0.2, -0.15) is 0 Å². The lowest BCUT2D eigenvalue weighted by Crippen LogP contribution is -2.26. The molecule has 0 N–H and O–H groups in total. The maximum Gasteiger partial charge on any atom is 0.340 e. The molecule has 4 rings (SSSR count). The topological polar surface area (TPSA) is 94.5 Å². The molecule has 0 aliphatic heterocycles. The summed E-state index contributed by atoms with van der Waals surface area (Å²) < 4.78 is 16.1. The first-order valence-electron chi connectivity index (χ1n) is 10.2. The molecule has 0 bridgehead atoms. The number of hydrogen-bond acceptors (Lipinski definition) is 8. The van der Waals surface area contributed by atoms with Crippen LogP contribution in [0.4, 0.5) is 0 Å². The lowest BCUT2D eigenvalue weighted by Gasteiger charge is -2.21. The maximum atomic E-state index is 12.6. The molecule has 0 fully saturated rings. The predicted molar refractivity (Wildman–Crippen MR) is 114 cm³/mol. The Kier molecular flexibility index (Phi) is 6.08. The van der Waals surface area contributed by atoms with Gasteiger partial charge in [0.25, 0.3) is 5.89 Å². The molecule has 160 valence electrons. The highest BCUT2D eigenvalue weighted by atomic mass is 16.5. The number of hydrogen-bond donors (Lipinski definition) is 0. The third-order valence-corrected chi connectivity index (χ3v) is 5.09. The van der Waals surface area contributed by atoms with Crippen molar-refractivity contribution in [2.45, 2.75) is 33.4 Å². The Labute approximate surface area is 179 Å². The number of carbonyl (C=O) groups excluding carboxylic acids is 1. The number of para-hydroxylation sites is 1. The zero-order valence-corrected chi connectivity index (χ0v) is 17.8. The van der Waals surface area contributed by atoms with E-state index >= 15 is 0 Å². The van der Waals surface area contributed by atoms with Gasteiger partial charge in [-0.1, -0.05) is 25.1 Å². The fraction of sp³-hybridized carbons (Fsp3) is 0.304. The Bertz CT molecular complexity index is 1180. The van der Waals surface area contributed by atoms with Crippen molar-refractivity contribution in [3.05, 3.63) is 65.4 Å². The van der Waals surface area contributed by atoms with E-state index in [0.29, 0.717) is 41.9 Å². The van der Waals surface area contributed by atoms with E-state index in [-0.39, 0.29) is 5.97 Å². The standard InChI is InChI=1S/C23H24N4O4/c1-4-11-27(14-20-25-26-22(31-20)19-10-7-12-30-19)13-18-21(23(28)29-3)15(2)16-8-5-6-9-17(16)24-18/h5-10,12H,4,11,13-14H2,1-3H3. The monoisotopic (exact) mass is 420 g/mol. The second kappa shape index (κ2) is 9.09. The fourth-order valence-corrected chi connectivity index (χ4v) is 3.68. The van der Waals surface area contributed by atoms with Crippen molar-refractivity contribution in [1.29, 1.82) is 0 Å². The molecule has 1 aromatic carbocycles. The molecule has 4 aromatic rings. The number of carbonyl (C=O) groups is 1. The zero-order chi connectivity index (χ0) is 21.8. The summed E-state index contributed by atoms with van der Waals surface area (Å²) in [5, 5.41) is 9.15. The summed E-state index contributed by atoms with van der Waals surface area (Å²) >= 11 is 0. The van der Waals surface area contributed by atoms with Gasteiger partial charge in [-0.05, 0) is 43.7 Å². The number of aromatic nitrogens is 3. The number of fused-ring (bicyclic) bond motifs is 1. The van der Waals surface area contributed by atoms with Gasteiger partial charge in [0, 0.05) is 11.9 Å². The maximum absolute atomic E-state index is 12.6. The van der Waals surface area contributed by atoms with E-state index in [1.807, 2.05) is 31.2 Å². The third-order valence-electron chi connectivity index (χ3n) is 5.09. The molecule has 0 radical (unpaired) electrons. The van der Waals surface area contributed by atoms with Gasteiger partial charge >= 0.3 is 5.97 Å². The van der Waals surface area contributed by atoms with Crippen molar-refractivity contribution in [3.63, 3.8) is 0 Å². The van der Waals surface area contributed by atoms with Gasteiger partial charge in [0.1, 0.15) is 0 Å². The van der Waals surface area contributed by atoms with E-state index in [4.69, 9.17) is 18.6 Å². The van der Waals surface area contributed by atoms with Crippen molar-refractivity contribution in [2.24, 2.45) is 0 Å². The van der Waals surface area contributed by atoms with Gasteiger partial charge in [-0.15, -0.1) is 10.2 Å². The number of furan rings is 1. The zero-order valence-electron chi connectivity index (χ0n) is 17.8. The summed E-state index contributed by atoms with van der Waals surface area (Å²) in [4.78, 5) is 19.5. The molecule has 0 aliphatic carbocycles. The molecule has 3 aromatic heterocycles. The first-order valence-corrected chi connectivity index (χ1v) is 10.2. The lowest BCUT2D eigenvalue weighted by atomic mass is 10.0. The van der Waals surface area contributed by atoms with Crippen LogP contribution in [0.3, 0.4) is 0 Å². The van der Waals surface area contributed by atoms with Crippen LogP contribution in [0, 0.1) is 6.92 Å². The average molecular weight is 420 g/mol. The van der Waals surface area contributed by atoms with E-state index in [2.05, 4.69) is 22.0 Å². The summed E-state index contributed by atoms with van der Waals surface area (Å²) in [6.07, 6.45) is 2.48. The summed E-state index contributed by atoms with van der Waals surface area (Å²) in [6.45, 7) is 5.66. The van der Waals surface area contributed by atoms with Crippen LogP contribution in [0.1, 0.15) is 40.9 Å². The Morgan fingerprint density at radius 2 is 1.97 bits per heavy atom. The summed E-state index contributed by atoms with van der Waals surface area (Å²) in [5.41, 5.74) is 2.88. The van der Waals surface area contributed by atoms with E-state index < -0.39 is 0 Å². The van der Waals surface area contributed by atoms with Crippen LogP contribution in [-0.4, -0.2) is 39.7 Å². The smallest absolute Gasteiger partial charge is 0.340 e. The van der Waals surface area contributed by atoms with Crippen LogP contribution in [0.15, 0.2) is 51.5 Å². The molecule has 0 saturated carbocycles. The van der Waals surface area contributed by atoms with Crippen LogP contribution < -0.4 is 0 Å². The van der Waals surface area contributed by atoms with Crippen molar-refractivity contribution in [3.8, 4) is 11.7 Å². The number of ether oxygens (including phenoxy) is 1. The fourth-order valence-electron chi connectivity index (χ4n) is 3.68. The number of rotatable bonds is 8. The quantitative estimate of drug-likeness (QED) is 0.388. The van der Waals surface area contributed by atoms with Gasteiger partial charge in [-0.25, -0.2) is 4.79 Å². The van der Waals surface area contributed by atoms with Gasteiger partial charge in [0.15, 0.2) is 5.76 Å².